The maximum absolute atomic E-state index is 14.5. The Labute approximate surface area is 179 Å². The molecule has 1 aromatic carbocycles. The van der Waals surface area contributed by atoms with Crippen molar-refractivity contribution in [2.75, 3.05) is 27.2 Å². The molecule has 1 fully saturated rings. The Kier molecular flexibility index (Phi) is 6.58. The number of likely N-dealkylation sites (N-methyl/N-ethyl adjacent to an activating group) is 1. The molecule has 0 radical (unpaired) electrons. The highest BCUT2D eigenvalue weighted by molar-refractivity contribution is 7.10. The van der Waals surface area contributed by atoms with E-state index >= 15 is 0 Å². The first kappa shape index (κ1) is 22.0. The van der Waals surface area contributed by atoms with Gasteiger partial charge in [-0.25, -0.2) is 4.39 Å². The topological polar surface area (TPSA) is 70.1 Å². The van der Waals surface area contributed by atoms with Gasteiger partial charge in [0.1, 0.15) is 5.76 Å². The maximum atomic E-state index is 14.5. The van der Waals surface area contributed by atoms with Crippen LogP contribution in [0.15, 0.2) is 41.3 Å². The fourth-order valence-corrected chi connectivity index (χ4v) is 4.16. The summed E-state index contributed by atoms with van der Waals surface area (Å²) in [6.45, 7) is 4.45. The van der Waals surface area contributed by atoms with Crippen LogP contribution in [0, 0.1) is 5.82 Å². The molecule has 0 spiro atoms. The highest BCUT2D eigenvalue weighted by Gasteiger charge is 2.46. The van der Waals surface area contributed by atoms with Crippen LogP contribution in [0.25, 0.3) is 5.76 Å². The van der Waals surface area contributed by atoms with Gasteiger partial charge in [-0.05, 0) is 57.6 Å². The van der Waals surface area contributed by atoms with Gasteiger partial charge in [-0.15, -0.1) is 11.3 Å². The second-order valence-corrected chi connectivity index (χ2v) is 8.60. The Morgan fingerprint density at radius 3 is 2.60 bits per heavy atom. The van der Waals surface area contributed by atoms with Gasteiger partial charge in [0.15, 0.2) is 11.6 Å². The molecule has 0 saturated carbocycles. The quantitative estimate of drug-likeness (QED) is 0.411. The zero-order valence-electron chi connectivity index (χ0n) is 17.4. The molecule has 0 aliphatic carbocycles. The predicted molar refractivity (Wildman–Crippen MR) is 114 cm³/mol. The van der Waals surface area contributed by atoms with Gasteiger partial charge in [0.05, 0.1) is 17.7 Å². The van der Waals surface area contributed by atoms with Crippen LogP contribution in [0.5, 0.6) is 5.75 Å². The fraction of sp³-hybridized carbons (Fsp3) is 0.364. The summed E-state index contributed by atoms with van der Waals surface area (Å²) in [6, 6.07) is 6.94. The Morgan fingerprint density at radius 2 is 2.03 bits per heavy atom. The number of thiophene rings is 1. The molecule has 1 aliphatic heterocycles. The summed E-state index contributed by atoms with van der Waals surface area (Å²) < 4.78 is 19.9. The summed E-state index contributed by atoms with van der Waals surface area (Å²) in [5.74, 6) is -2.43. The molecule has 2 aromatic rings. The van der Waals surface area contributed by atoms with Gasteiger partial charge in [0.2, 0.25) is 0 Å². The Hall–Kier alpha value is -2.71. The number of ether oxygens (including phenoxy) is 1. The van der Waals surface area contributed by atoms with Crippen LogP contribution in [0.1, 0.15) is 30.3 Å². The molecule has 1 aromatic heterocycles. The number of halogens is 1. The Morgan fingerprint density at radius 1 is 1.30 bits per heavy atom. The third-order valence-corrected chi connectivity index (χ3v) is 5.63. The minimum atomic E-state index is -0.771. The van der Waals surface area contributed by atoms with E-state index in [0.717, 1.165) is 10.9 Å². The van der Waals surface area contributed by atoms with Crippen LogP contribution >= 0.6 is 11.3 Å². The Balaban J connectivity index is 2.06. The molecular formula is C22H25FN2O4S. The largest absolute Gasteiger partial charge is 0.507 e. The van der Waals surface area contributed by atoms with Gasteiger partial charge in [-0.1, -0.05) is 6.07 Å². The lowest BCUT2D eigenvalue weighted by atomic mass is 9.99. The predicted octanol–water partition coefficient (Wildman–Crippen LogP) is 3.66. The number of amides is 1. The summed E-state index contributed by atoms with van der Waals surface area (Å²) >= 11 is 1.39. The molecule has 30 heavy (non-hydrogen) atoms. The lowest BCUT2D eigenvalue weighted by molar-refractivity contribution is -0.140. The molecule has 1 amide bonds. The number of aliphatic hydroxyl groups excluding tert-OH is 1. The summed E-state index contributed by atoms with van der Waals surface area (Å²) in [5, 5.41) is 12.8. The normalized spacial score (nSPS) is 18.6. The van der Waals surface area contributed by atoms with Gasteiger partial charge in [0, 0.05) is 23.5 Å². The average Bonchev–Trinajstić information content (AvgIpc) is 3.28. The van der Waals surface area contributed by atoms with Crippen molar-refractivity contribution in [1.29, 1.82) is 0 Å². The van der Waals surface area contributed by atoms with Crippen LogP contribution in [-0.2, 0) is 9.59 Å². The number of carbonyl (C=O) groups is 2. The van der Waals surface area contributed by atoms with Crippen molar-refractivity contribution in [3.63, 3.8) is 0 Å². The van der Waals surface area contributed by atoms with Crippen LogP contribution in [-0.4, -0.2) is 59.9 Å². The molecule has 0 bridgehead atoms. The van der Waals surface area contributed by atoms with Gasteiger partial charge in [-0.3, -0.25) is 9.59 Å². The number of rotatable bonds is 7. The molecule has 3 rings (SSSR count). The number of Topliss-reactive ketones (excluding diaryl/α,β-unsaturated/α-hetero) is 1. The monoisotopic (exact) mass is 432 g/mol. The van der Waals surface area contributed by atoms with E-state index in [1.54, 1.807) is 13.8 Å². The summed E-state index contributed by atoms with van der Waals surface area (Å²) in [6.07, 6.45) is -0.209. The van der Waals surface area contributed by atoms with Crippen LogP contribution in [0.3, 0.4) is 0 Å². The summed E-state index contributed by atoms with van der Waals surface area (Å²) in [5.41, 5.74) is 0.0916. The van der Waals surface area contributed by atoms with E-state index in [1.807, 2.05) is 36.5 Å². The van der Waals surface area contributed by atoms with E-state index in [-0.39, 0.29) is 23.0 Å². The van der Waals surface area contributed by atoms with Crippen molar-refractivity contribution >= 4 is 28.8 Å². The van der Waals surface area contributed by atoms with Crippen LogP contribution in [0.2, 0.25) is 0 Å². The summed E-state index contributed by atoms with van der Waals surface area (Å²) in [4.78, 5) is 29.7. The first-order valence-electron chi connectivity index (χ1n) is 9.63. The van der Waals surface area contributed by atoms with Crippen molar-refractivity contribution in [3.8, 4) is 5.75 Å². The van der Waals surface area contributed by atoms with Crippen molar-refractivity contribution in [3.05, 3.63) is 57.5 Å². The lowest BCUT2D eigenvalue weighted by Gasteiger charge is -2.25. The van der Waals surface area contributed by atoms with Crippen LogP contribution < -0.4 is 4.74 Å². The minimum absolute atomic E-state index is 0.0295. The van der Waals surface area contributed by atoms with Gasteiger partial charge in [-0.2, -0.15) is 0 Å². The fourth-order valence-electron chi connectivity index (χ4n) is 3.31. The number of hydrogen-bond acceptors (Lipinski definition) is 6. The molecule has 1 aliphatic rings. The van der Waals surface area contributed by atoms with Crippen molar-refractivity contribution in [2.45, 2.75) is 26.0 Å². The number of carbonyl (C=O) groups excluding carboxylic acids is 2. The van der Waals surface area contributed by atoms with E-state index in [9.17, 15) is 19.1 Å². The molecule has 0 unspecified atom stereocenters. The highest BCUT2D eigenvalue weighted by atomic mass is 32.1. The standard InChI is InChI=1S/C22H25FN2O4S/c1-13(2)29-16-8-7-14(12-15(16)23)20(26)18-19(17-6-5-11-30-17)25(10-9-24(3)4)22(28)21(18)27/h5-8,11-13,19,26H,9-10H2,1-4H3/t19-/m0/s1. The summed E-state index contributed by atoms with van der Waals surface area (Å²) in [7, 11) is 3.75. The van der Waals surface area contributed by atoms with E-state index in [4.69, 9.17) is 4.74 Å². The second kappa shape index (κ2) is 8.97. The van der Waals surface area contributed by atoms with Gasteiger partial charge >= 0.3 is 0 Å². The van der Waals surface area contributed by atoms with E-state index in [2.05, 4.69) is 0 Å². The van der Waals surface area contributed by atoms with Gasteiger partial charge < -0.3 is 19.6 Å². The van der Waals surface area contributed by atoms with E-state index in [1.165, 1.54) is 28.4 Å². The van der Waals surface area contributed by atoms with Crippen molar-refractivity contribution in [1.82, 2.24) is 9.80 Å². The zero-order chi connectivity index (χ0) is 22.0. The van der Waals surface area contributed by atoms with E-state index < -0.39 is 29.3 Å². The number of benzene rings is 1. The number of aliphatic hydroxyl groups is 1. The number of nitrogens with zero attached hydrogens (tertiary/aromatic N) is 2. The highest BCUT2D eigenvalue weighted by Crippen LogP contribution is 2.41. The molecule has 160 valence electrons. The van der Waals surface area contributed by atoms with Crippen LogP contribution in [0.4, 0.5) is 4.39 Å². The maximum Gasteiger partial charge on any atom is 0.295 e. The van der Waals surface area contributed by atoms with Crippen molar-refractivity contribution < 1.29 is 23.8 Å². The molecule has 1 N–H and O–H groups in total. The second-order valence-electron chi connectivity index (χ2n) is 7.62. The number of hydrogen-bond donors (Lipinski definition) is 1. The third kappa shape index (κ3) is 4.39. The SMILES string of the molecule is CC(C)Oc1ccc(C(O)=C2C(=O)C(=O)N(CCN(C)C)[C@H]2c2cccs2)cc1F. The molecule has 6 nitrogen and oxygen atoms in total. The molecule has 1 saturated heterocycles. The zero-order valence-corrected chi connectivity index (χ0v) is 18.2. The van der Waals surface area contributed by atoms with Crippen molar-refractivity contribution in [2.24, 2.45) is 0 Å². The molecular weight excluding hydrogens is 407 g/mol. The smallest absolute Gasteiger partial charge is 0.295 e. The Bertz CT molecular complexity index is 970. The lowest BCUT2D eigenvalue weighted by Crippen LogP contribution is -2.35. The molecule has 2 heterocycles. The average molecular weight is 433 g/mol. The third-order valence-electron chi connectivity index (χ3n) is 4.71. The first-order chi connectivity index (χ1) is 14.2. The van der Waals surface area contributed by atoms with Gasteiger partial charge in [0.25, 0.3) is 11.7 Å². The molecule has 1 atom stereocenters. The number of likely N-dealkylation sites (tertiary alicyclic amines) is 1. The molecule has 8 heteroatoms. The van der Waals surface area contributed by atoms with E-state index in [0.29, 0.717) is 13.1 Å². The number of ketones is 1. The minimum Gasteiger partial charge on any atom is -0.507 e. The first-order valence-corrected chi connectivity index (χ1v) is 10.5.